The minimum Gasteiger partial charge on any atom is -0.300 e. The van der Waals surface area contributed by atoms with E-state index in [2.05, 4.69) is 15.4 Å². The van der Waals surface area contributed by atoms with Gasteiger partial charge in [0.15, 0.2) is 5.13 Å². The molecule has 2 aromatic heterocycles. The maximum Gasteiger partial charge on any atom is 0.267 e. The van der Waals surface area contributed by atoms with Crippen LogP contribution in [0.4, 0.5) is 5.13 Å². The average molecular weight is 354 g/mol. The van der Waals surface area contributed by atoms with Gasteiger partial charge in [-0.25, -0.2) is 9.67 Å². The molecular formula is C18H18N4O2S. The normalized spacial score (nSPS) is 12.0. The number of benzene rings is 1. The van der Waals surface area contributed by atoms with Crippen molar-refractivity contribution in [1.29, 1.82) is 0 Å². The van der Waals surface area contributed by atoms with Gasteiger partial charge >= 0.3 is 0 Å². The van der Waals surface area contributed by atoms with E-state index < -0.39 is 6.04 Å². The number of nitrogens with one attached hydrogen (secondary N) is 1. The Morgan fingerprint density at radius 2 is 1.88 bits per heavy atom. The first-order chi connectivity index (χ1) is 11.9. The van der Waals surface area contributed by atoms with Crippen molar-refractivity contribution in [2.75, 3.05) is 5.32 Å². The van der Waals surface area contributed by atoms with Gasteiger partial charge in [-0.2, -0.15) is 5.10 Å². The fraction of sp³-hybridized carbons (Fsp3) is 0.222. The van der Waals surface area contributed by atoms with Crippen LogP contribution in [-0.2, 0) is 4.79 Å². The van der Waals surface area contributed by atoms with Crippen LogP contribution < -0.4 is 10.9 Å². The summed E-state index contributed by atoms with van der Waals surface area (Å²) >= 11 is 1.38. The Bertz CT molecular complexity index is 960. The molecule has 3 rings (SSSR count). The van der Waals surface area contributed by atoms with Crippen LogP contribution in [0.2, 0.25) is 0 Å². The first-order valence-electron chi connectivity index (χ1n) is 7.84. The topological polar surface area (TPSA) is 76.9 Å². The third-order valence-corrected chi connectivity index (χ3v) is 4.60. The van der Waals surface area contributed by atoms with Gasteiger partial charge in [0.1, 0.15) is 6.04 Å². The van der Waals surface area contributed by atoms with Gasteiger partial charge in [0.25, 0.3) is 11.5 Å². The molecule has 1 N–H and O–H groups in total. The fourth-order valence-electron chi connectivity index (χ4n) is 2.31. The lowest BCUT2D eigenvalue weighted by Crippen LogP contribution is -2.33. The number of aromatic nitrogens is 3. The third kappa shape index (κ3) is 3.83. The zero-order chi connectivity index (χ0) is 18.0. The Hall–Kier alpha value is -2.80. The number of anilines is 1. The van der Waals surface area contributed by atoms with Crippen LogP contribution in [0, 0.1) is 13.8 Å². The molecule has 0 aliphatic heterocycles. The van der Waals surface area contributed by atoms with Gasteiger partial charge in [-0.1, -0.05) is 29.8 Å². The van der Waals surface area contributed by atoms with Crippen LogP contribution in [0.1, 0.15) is 23.4 Å². The van der Waals surface area contributed by atoms with Crippen LogP contribution in [0.25, 0.3) is 11.3 Å². The van der Waals surface area contributed by atoms with Crippen molar-refractivity contribution in [2.24, 2.45) is 0 Å². The van der Waals surface area contributed by atoms with Crippen molar-refractivity contribution < 1.29 is 4.79 Å². The molecule has 3 aromatic rings. The fourth-order valence-corrected chi connectivity index (χ4v) is 2.98. The van der Waals surface area contributed by atoms with Gasteiger partial charge in [-0.05, 0) is 26.8 Å². The highest BCUT2D eigenvalue weighted by molar-refractivity contribution is 7.15. The van der Waals surface area contributed by atoms with E-state index in [0.29, 0.717) is 10.8 Å². The average Bonchev–Trinajstić information content (AvgIpc) is 3.00. The Morgan fingerprint density at radius 1 is 1.16 bits per heavy atom. The van der Waals surface area contributed by atoms with Crippen LogP contribution in [0.3, 0.4) is 0 Å². The molecule has 25 heavy (non-hydrogen) atoms. The largest absolute Gasteiger partial charge is 0.300 e. The summed E-state index contributed by atoms with van der Waals surface area (Å²) in [7, 11) is 0. The molecule has 0 aliphatic carbocycles. The zero-order valence-corrected chi connectivity index (χ0v) is 15.0. The van der Waals surface area contributed by atoms with E-state index in [1.54, 1.807) is 19.2 Å². The predicted octanol–water partition coefficient (Wildman–Crippen LogP) is 3.18. The maximum atomic E-state index is 12.4. The summed E-state index contributed by atoms with van der Waals surface area (Å²) in [6.07, 6.45) is 1.69. The van der Waals surface area contributed by atoms with Gasteiger partial charge < -0.3 is 5.32 Å². The first kappa shape index (κ1) is 17.0. The summed E-state index contributed by atoms with van der Waals surface area (Å²) in [5.41, 5.74) is 2.35. The molecule has 0 aliphatic rings. The van der Waals surface area contributed by atoms with E-state index in [1.807, 2.05) is 38.1 Å². The Morgan fingerprint density at radius 3 is 2.52 bits per heavy atom. The molecule has 0 saturated heterocycles. The standard InChI is InChI=1S/C18H18N4O2S/c1-11-4-6-14(7-5-11)15-8-9-16(23)22(21-15)13(3)17(24)20-18-19-10-12(2)25-18/h4-10,13H,1-3H3,(H,19,20,24)/t13-/m1/s1. The van der Waals surface area contributed by atoms with Crippen molar-refractivity contribution >= 4 is 22.4 Å². The monoisotopic (exact) mass is 354 g/mol. The van der Waals surface area contributed by atoms with Crippen LogP contribution in [0.5, 0.6) is 0 Å². The molecular weight excluding hydrogens is 336 g/mol. The molecule has 6 nitrogen and oxygen atoms in total. The van der Waals surface area contributed by atoms with Gasteiger partial charge in [0.05, 0.1) is 5.69 Å². The van der Waals surface area contributed by atoms with Crippen molar-refractivity contribution in [3.63, 3.8) is 0 Å². The molecule has 1 atom stereocenters. The van der Waals surface area contributed by atoms with Crippen LogP contribution in [-0.4, -0.2) is 20.7 Å². The number of aryl methyl sites for hydroxylation is 2. The lowest BCUT2D eigenvalue weighted by atomic mass is 10.1. The van der Waals surface area contributed by atoms with Gasteiger partial charge in [-0.3, -0.25) is 9.59 Å². The molecule has 0 spiro atoms. The number of thiazole rings is 1. The Kier molecular flexibility index (Phi) is 4.76. The highest BCUT2D eigenvalue weighted by atomic mass is 32.1. The summed E-state index contributed by atoms with van der Waals surface area (Å²) < 4.78 is 1.20. The summed E-state index contributed by atoms with van der Waals surface area (Å²) in [6, 6.07) is 10.2. The quantitative estimate of drug-likeness (QED) is 0.781. The van der Waals surface area contributed by atoms with E-state index in [1.165, 1.54) is 22.1 Å². The predicted molar refractivity (Wildman–Crippen MR) is 98.9 cm³/mol. The summed E-state index contributed by atoms with van der Waals surface area (Å²) in [4.78, 5) is 29.7. The zero-order valence-electron chi connectivity index (χ0n) is 14.2. The Balaban J connectivity index is 1.87. The number of carbonyl (C=O) groups is 1. The number of rotatable bonds is 4. The SMILES string of the molecule is Cc1ccc(-c2ccc(=O)n([C@H](C)C(=O)Nc3ncc(C)s3)n2)cc1. The lowest BCUT2D eigenvalue weighted by Gasteiger charge is -2.14. The van der Waals surface area contributed by atoms with E-state index in [4.69, 9.17) is 0 Å². The smallest absolute Gasteiger partial charge is 0.267 e. The highest BCUT2D eigenvalue weighted by Gasteiger charge is 2.19. The minimum atomic E-state index is -0.748. The van der Waals surface area contributed by atoms with Crippen molar-refractivity contribution in [3.05, 3.63) is 63.4 Å². The number of amides is 1. The lowest BCUT2D eigenvalue weighted by molar-refractivity contribution is -0.119. The third-order valence-electron chi connectivity index (χ3n) is 3.77. The Labute approximate surface area is 149 Å². The van der Waals surface area contributed by atoms with E-state index in [-0.39, 0.29) is 11.5 Å². The van der Waals surface area contributed by atoms with Gasteiger partial charge in [0, 0.05) is 22.7 Å². The number of hydrogen-bond acceptors (Lipinski definition) is 5. The van der Waals surface area contributed by atoms with E-state index in [9.17, 15) is 9.59 Å². The first-order valence-corrected chi connectivity index (χ1v) is 8.66. The number of carbonyl (C=O) groups excluding carboxylic acids is 1. The van der Waals surface area contributed by atoms with Crippen molar-refractivity contribution in [1.82, 2.24) is 14.8 Å². The molecule has 0 radical (unpaired) electrons. The molecule has 0 fully saturated rings. The second kappa shape index (κ2) is 6.98. The number of nitrogens with zero attached hydrogens (tertiary/aromatic N) is 3. The highest BCUT2D eigenvalue weighted by Crippen LogP contribution is 2.19. The minimum absolute atomic E-state index is 0.325. The van der Waals surface area contributed by atoms with Crippen molar-refractivity contribution in [2.45, 2.75) is 26.8 Å². The van der Waals surface area contributed by atoms with Crippen molar-refractivity contribution in [3.8, 4) is 11.3 Å². The summed E-state index contributed by atoms with van der Waals surface area (Å²) in [5, 5.41) is 7.60. The molecule has 1 amide bonds. The molecule has 7 heteroatoms. The van der Waals surface area contributed by atoms with Crippen LogP contribution in [0.15, 0.2) is 47.4 Å². The van der Waals surface area contributed by atoms with Gasteiger partial charge in [0.2, 0.25) is 0 Å². The maximum absolute atomic E-state index is 12.4. The molecule has 128 valence electrons. The van der Waals surface area contributed by atoms with E-state index >= 15 is 0 Å². The molecule has 2 heterocycles. The molecule has 0 unspecified atom stereocenters. The summed E-state index contributed by atoms with van der Waals surface area (Å²) in [6.45, 7) is 5.56. The van der Waals surface area contributed by atoms with E-state index in [0.717, 1.165) is 16.0 Å². The number of hydrogen-bond donors (Lipinski definition) is 1. The second-order valence-corrected chi connectivity index (χ2v) is 7.04. The molecule has 0 bridgehead atoms. The molecule has 1 aromatic carbocycles. The molecule has 0 saturated carbocycles. The second-order valence-electron chi connectivity index (χ2n) is 5.81. The van der Waals surface area contributed by atoms with Gasteiger partial charge in [-0.15, -0.1) is 11.3 Å². The summed E-state index contributed by atoms with van der Waals surface area (Å²) in [5.74, 6) is -0.329. The van der Waals surface area contributed by atoms with Crippen LogP contribution >= 0.6 is 11.3 Å².